The van der Waals surface area contributed by atoms with Crippen LogP contribution in [0.1, 0.15) is 96.1 Å². The van der Waals surface area contributed by atoms with Crippen LogP contribution < -0.4 is 9.64 Å². The Labute approximate surface area is 246 Å². The van der Waals surface area contributed by atoms with Crippen molar-refractivity contribution in [2.24, 2.45) is 0 Å². The zero-order chi connectivity index (χ0) is 26.3. The van der Waals surface area contributed by atoms with Gasteiger partial charge in [-0.05, 0) is 53.6 Å². The lowest BCUT2D eigenvalue weighted by molar-refractivity contribution is -0.116. The first kappa shape index (κ1) is 32.3. The van der Waals surface area contributed by atoms with Crippen LogP contribution in [0, 0.1) is 0 Å². The first-order valence-corrected chi connectivity index (χ1v) is 15.2. The average Bonchev–Trinajstić information content (AvgIpc) is 3.30. The molecule has 0 aromatic heterocycles. The summed E-state index contributed by atoms with van der Waals surface area (Å²) in [6.07, 6.45) is 15.5. The number of ether oxygens (including phenoxy) is 1. The van der Waals surface area contributed by atoms with E-state index in [0.717, 1.165) is 42.4 Å². The van der Waals surface area contributed by atoms with Crippen LogP contribution in [0.3, 0.4) is 0 Å². The number of hydrogen-bond acceptors (Lipinski definition) is 4. The van der Waals surface area contributed by atoms with Crippen LogP contribution in [-0.2, 0) is 17.9 Å². The molecule has 0 fully saturated rings. The van der Waals surface area contributed by atoms with E-state index in [1.165, 1.54) is 68.3 Å². The quantitative estimate of drug-likeness (QED) is 0.169. The predicted molar refractivity (Wildman–Crippen MR) is 169 cm³/mol. The van der Waals surface area contributed by atoms with Crippen LogP contribution in [0.15, 0.2) is 59.6 Å². The number of amides is 1. The first-order valence-electron chi connectivity index (χ1n) is 14.2. The Balaban J connectivity index is 0.00000507. The molecule has 4 nitrogen and oxygen atoms in total. The summed E-state index contributed by atoms with van der Waals surface area (Å²) < 4.78 is 5.97. The third-order valence-corrected chi connectivity index (χ3v) is 7.86. The van der Waals surface area contributed by atoms with Gasteiger partial charge in [-0.25, -0.2) is 0 Å². The molecule has 1 aliphatic heterocycles. The maximum atomic E-state index is 12.5. The molecule has 0 bridgehead atoms. The van der Waals surface area contributed by atoms with Crippen molar-refractivity contribution in [2.45, 2.75) is 98.1 Å². The van der Waals surface area contributed by atoms with Crippen LogP contribution in [-0.4, -0.2) is 23.3 Å². The molecule has 210 valence electrons. The van der Waals surface area contributed by atoms with E-state index >= 15 is 0 Å². The minimum atomic E-state index is 0. The van der Waals surface area contributed by atoms with Crippen molar-refractivity contribution in [3.63, 3.8) is 0 Å². The fourth-order valence-corrected chi connectivity index (χ4v) is 5.46. The number of carbonyl (C=O) groups is 1. The van der Waals surface area contributed by atoms with Gasteiger partial charge in [-0.15, -0.1) is 28.7 Å². The maximum absolute atomic E-state index is 12.5. The zero-order valence-electron chi connectivity index (χ0n) is 23.6. The van der Waals surface area contributed by atoms with Crippen LogP contribution in [0.5, 0.6) is 5.75 Å². The SMILES string of the molecule is Br.CCCCCCCCCCCCOc1ccc(CN(C(C)=O)c2cccc(CN3C=C(C)SC3)c2)cc1. The molecular formula is C32H47BrN2O2S. The molecule has 1 heterocycles. The smallest absolute Gasteiger partial charge is 0.224 e. The van der Waals surface area contributed by atoms with Crippen molar-refractivity contribution in [3.05, 3.63) is 70.8 Å². The highest BCUT2D eigenvalue weighted by Crippen LogP contribution is 2.27. The number of rotatable bonds is 17. The van der Waals surface area contributed by atoms with E-state index in [9.17, 15) is 4.79 Å². The highest BCUT2D eigenvalue weighted by Gasteiger charge is 2.15. The number of anilines is 1. The van der Waals surface area contributed by atoms with Crippen molar-refractivity contribution < 1.29 is 9.53 Å². The Morgan fingerprint density at radius 2 is 1.58 bits per heavy atom. The number of benzene rings is 2. The fraction of sp³-hybridized carbons (Fsp3) is 0.531. The van der Waals surface area contributed by atoms with Gasteiger partial charge in [-0.1, -0.05) is 89.0 Å². The van der Waals surface area contributed by atoms with E-state index in [1.807, 2.05) is 40.9 Å². The van der Waals surface area contributed by atoms with Crippen LogP contribution in [0.25, 0.3) is 0 Å². The number of hydrogen-bond donors (Lipinski definition) is 0. The Hall–Kier alpha value is -1.92. The maximum Gasteiger partial charge on any atom is 0.224 e. The zero-order valence-corrected chi connectivity index (χ0v) is 26.2. The van der Waals surface area contributed by atoms with Gasteiger partial charge in [0.25, 0.3) is 0 Å². The van der Waals surface area contributed by atoms with Crippen LogP contribution >= 0.6 is 28.7 Å². The van der Waals surface area contributed by atoms with Gasteiger partial charge in [-0.3, -0.25) is 4.79 Å². The minimum absolute atomic E-state index is 0. The minimum Gasteiger partial charge on any atom is -0.494 e. The second kappa shape index (κ2) is 18.4. The summed E-state index contributed by atoms with van der Waals surface area (Å²) in [5.74, 6) is 1.94. The predicted octanol–water partition coefficient (Wildman–Crippen LogP) is 9.48. The van der Waals surface area contributed by atoms with Gasteiger partial charge in [0.1, 0.15) is 5.75 Å². The molecule has 0 saturated carbocycles. The van der Waals surface area contributed by atoms with E-state index in [4.69, 9.17) is 4.74 Å². The fourth-order valence-electron chi connectivity index (χ4n) is 4.70. The molecule has 6 heteroatoms. The third kappa shape index (κ3) is 11.9. The van der Waals surface area contributed by atoms with Crippen molar-refractivity contribution in [3.8, 4) is 5.75 Å². The standard InChI is InChI=1S/C32H46N2O2S.BrH/c1-4-5-6-7-8-9-10-11-12-13-21-36-32-19-17-29(18-20-32)25-34(28(3)35)31-16-14-15-30(22-31)24-33-23-27(2)37-26-33;/h14-20,22-23H,4-13,21,24-26H2,1-3H3;1H. The summed E-state index contributed by atoms with van der Waals surface area (Å²) in [4.78, 5) is 18.0. The van der Waals surface area contributed by atoms with Crippen molar-refractivity contribution in [1.29, 1.82) is 0 Å². The molecule has 1 aliphatic rings. The average molecular weight is 604 g/mol. The lowest BCUT2D eigenvalue weighted by Crippen LogP contribution is -2.28. The molecule has 0 atom stereocenters. The first-order chi connectivity index (χ1) is 18.0. The summed E-state index contributed by atoms with van der Waals surface area (Å²) in [7, 11) is 0. The number of thioether (sulfide) groups is 1. The molecule has 0 spiro atoms. The Kier molecular flexibility index (Phi) is 15.6. The molecule has 0 aliphatic carbocycles. The third-order valence-electron chi connectivity index (χ3n) is 6.84. The second-order valence-electron chi connectivity index (χ2n) is 10.2. The highest BCUT2D eigenvalue weighted by molar-refractivity contribution is 8.93. The van der Waals surface area contributed by atoms with E-state index < -0.39 is 0 Å². The molecular weight excluding hydrogens is 556 g/mol. The Bertz CT molecular complexity index is 980. The van der Waals surface area contributed by atoms with Crippen molar-refractivity contribution >= 4 is 40.3 Å². The summed E-state index contributed by atoms with van der Waals surface area (Å²) in [5, 5.41) is 0. The molecule has 0 saturated heterocycles. The molecule has 3 rings (SSSR count). The topological polar surface area (TPSA) is 32.8 Å². The lowest BCUT2D eigenvalue weighted by atomic mass is 10.1. The van der Waals surface area contributed by atoms with E-state index in [1.54, 1.807) is 6.92 Å². The largest absolute Gasteiger partial charge is 0.494 e. The highest BCUT2D eigenvalue weighted by atomic mass is 79.9. The summed E-state index contributed by atoms with van der Waals surface area (Å²) in [5.41, 5.74) is 3.26. The number of halogens is 1. The van der Waals surface area contributed by atoms with Crippen molar-refractivity contribution in [2.75, 3.05) is 17.4 Å². The number of allylic oxidation sites excluding steroid dienone is 1. The molecule has 1 amide bonds. The molecule has 2 aromatic carbocycles. The van der Waals surface area contributed by atoms with Gasteiger partial charge in [0.05, 0.1) is 19.0 Å². The van der Waals surface area contributed by atoms with E-state index in [2.05, 4.69) is 49.2 Å². The Morgan fingerprint density at radius 1 is 0.921 bits per heavy atom. The molecule has 0 radical (unpaired) electrons. The van der Waals surface area contributed by atoms with Gasteiger partial charge in [0, 0.05) is 25.4 Å². The Morgan fingerprint density at radius 3 is 2.18 bits per heavy atom. The molecule has 2 aromatic rings. The van der Waals surface area contributed by atoms with Gasteiger partial charge in [0.2, 0.25) is 5.91 Å². The number of nitrogens with zero attached hydrogens (tertiary/aromatic N) is 2. The van der Waals surface area contributed by atoms with E-state index in [-0.39, 0.29) is 22.9 Å². The molecule has 38 heavy (non-hydrogen) atoms. The summed E-state index contributed by atoms with van der Waals surface area (Å²) >= 11 is 1.87. The van der Waals surface area contributed by atoms with Gasteiger partial charge >= 0.3 is 0 Å². The summed E-state index contributed by atoms with van der Waals surface area (Å²) in [6, 6.07) is 16.5. The lowest BCUT2D eigenvalue weighted by Gasteiger charge is -2.23. The monoisotopic (exact) mass is 602 g/mol. The van der Waals surface area contributed by atoms with Crippen molar-refractivity contribution in [1.82, 2.24) is 4.90 Å². The van der Waals surface area contributed by atoms with Gasteiger partial charge in [-0.2, -0.15) is 0 Å². The molecule has 0 N–H and O–H groups in total. The van der Waals surface area contributed by atoms with Crippen LogP contribution in [0.4, 0.5) is 5.69 Å². The number of carbonyl (C=O) groups excluding carboxylic acids is 1. The molecule has 0 unspecified atom stereocenters. The van der Waals surface area contributed by atoms with Gasteiger partial charge < -0.3 is 14.5 Å². The number of unbranched alkanes of at least 4 members (excludes halogenated alkanes) is 9. The van der Waals surface area contributed by atoms with Gasteiger partial charge in [0.15, 0.2) is 0 Å². The summed E-state index contributed by atoms with van der Waals surface area (Å²) in [6.45, 7) is 8.23. The van der Waals surface area contributed by atoms with E-state index in [0.29, 0.717) is 6.54 Å². The van der Waals surface area contributed by atoms with Crippen LogP contribution in [0.2, 0.25) is 0 Å². The normalized spacial score (nSPS) is 12.7. The second-order valence-corrected chi connectivity index (χ2v) is 11.4.